The van der Waals surface area contributed by atoms with Crippen LogP contribution >= 0.6 is 23.3 Å². The highest BCUT2D eigenvalue weighted by Crippen LogP contribution is 2.26. The van der Waals surface area contributed by atoms with E-state index in [1.165, 1.54) is 29.5 Å². The van der Waals surface area contributed by atoms with Crippen molar-refractivity contribution < 1.29 is 0 Å². The Bertz CT molecular complexity index is 498. The minimum Gasteiger partial charge on any atom is -0.245 e. The zero-order valence-corrected chi connectivity index (χ0v) is 9.34. The Morgan fingerprint density at radius 2 is 2.27 bits per heavy atom. The number of rotatable bonds is 2. The van der Waals surface area contributed by atoms with Crippen LogP contribution in [-0.2, 0) is 0 Å². The van der Waals surface area contributed by atoms with E-state index in [0.717, 1.165) is 10.2 Å². The van der Waals surface area contributed by atoms with Crippen LogP contribution in [0.2, 0.25) is 0 Å². The molecule has 2 rings (SSSR count). The van der Waals surface area contributed by atoms with Crippen molar-refractivity contribution in [3.05, 3.63) is 23.9 Å². The Morgan fingerprint density at radius 1 is 1.40 bits per heavy atom. The summed E-state index contributed by atoms with van der Waals surface area (Å²) in [7, 11) is 0. The molecular formula is C8H5N5S2. The van der Waals surface area contributed by atoms with Crippen LogP contribution < -0.4 is 0 Å². The van der Waals surface area contributed by atoms with Crippen molar-refractivity contribution in [2.45, 2.75) is 16.3 Å². The lowest BCUT2D eigenvalue weighted by Crippen LogP contribution is -1.86. The van der Waals surface area contributed by atoms with E-state index in [9.17, 15) is 0 Å². The van der Waals surface area contributed by atoms with Crippen LogP contribution in [0.5, 0.6) is 0 Å². The van der Waals surface area contributed by atoms with E-state index in [0.29, 0.717) is 10.7 Å². The molecule has 0 atom stereocenters. The van der Waals surface area contributed by atoms with Gasteiger partial charge in [-0.15, -0.1) is 0 Å². The summed E-state index contributed by atoms with van der Waals surface area (Å²) >= 11 is 2.71. The highest BCUT2D eigenvalue weighted by Gasteiger charge is 2.04. The molecule has 2 heterocycles. The van der Waals surface area contributed by atoms with Crippen LogP contribution in [0.1, 0.15) is 11.5 Å². The molecule has 0 fully saturated rings. The lowest BCUT2D eigenvalue weighted by Gasteiger charge is -1.94. The molecule has 7 heteroatoms. The molecule has 0 bridgehead atoms. The first-order chi connectivity index (χ1) is 7.28. The molecule has 2 aromatic heterocycles. The van der Waals surface area contributed by atoms with E-state index in [2.05, 4.69) is 19.3 Å². The molecular weight excluding hydrogens is 230 g/mol. The normalized spacial score (nSPS) is 9.87. The molecule has 0 saturated heterocycles. The zero-order chi connectivity index (χ0) is 10.7. The predicted octanol–water partition coefficient (Wildman–Crippen LogP) is 1.66. The van der Waals surface area contributed by atoms with E-state index < -0.39 is 0 Å². The van der Waals surface area contributed by atoms with Gasteiger partial charge >= 0.3 is 0 Å². The van der Waals surface area contributed by atoms with Gasteiger partial charge in [-0.05, 0) is 30.2 Å². The lowest BCUT2D eigenvalue weighted by molar-refractivity contribution is 1.03. The van der Waals surface area contributed by atoms with Gasteiger partial charge in [0.1, 0.15) is 16.9 Å². The van der Waals surface area contributed by atoms with Crippen molar-refractivity contribution in [3.63, 3.8) is 0 Å². The lowest BCUT2D eigenvalue weighted by atomic mass is 10.5. The average molecular weight is 235 g/mol. The fourth-order valence-corrected chi connectivity index (χ4v) is 2.34. The second-order valence-corrected chi connectivity index (χ2v) is 4.58. The number of aryl methyl sites for hydroxylation is 1. The van der Waals surface area contributed by atoms with Gasteiger partial charge in [0.15, 0.2) is 10.0 Å². The van der Waals surface area contributed by atoms with E-state index in [-0.39, 0.29) is 0 Å². The largest absolute Gasteiger partial charge is 0.245 e. The molecule has 0 saturated carbocycles. The number of nitrogens with zero attached hydrogens (tertiary/aromatic N) is 5. The van der Waals surface area contributed by atoms with E-state index in [4.69, 9.17) is 5.26 Å². The van der Waals surface area contributed by atoms with Gasteiger partial charge in [-0.3, -0.25) is 0 Å². The molecule has 0 aliphatic heterocycles. The average Bonchev–Trinajstić information content (AvgIpc) is 2.65. The molecule has 0 aromatic carbocycles. The monoisotopic (exact) mass is 235 g/mol. The Hall–Kier alpha value is -1.52. The van der Waals surface area contributed by atoms with Crippen LogP contribution in [0.25, 0.3) is 0 Å². The Kier molecular flexibility index (Phi) is 2.89. The predicted molar refractivity (Wildman–Crippen MR) is 55.5 cm³/mol. The van der Waals surface area contributed by atoms with Gasteiger partial charge < -0.3 is 0 Å². The van der Waals surface area contributed by atoms with Gasteiger partial charge in [0.25, 0.3) is 0 Å². The fourth-order valence-electron chi connectivity index (χ4n) is 0.836. The Balaban J connectivity index is 2.15. The Labute approximate surface area is 94.4 Å². The molecule has 74 valence electrons. The summed E-state index contributed by atoms with van der Waals surface area (Å²) in [5.74, 6) is 0.754. The zero-order valence-electron chi connectivity index (χ0n) is 7.71. The highest BCUT2D eigenvalue weighted by atomic mass is 32.2. The smallest absolute Gasteiger partial charge is 0.176 e. The maximum absolute atomic E-state index is 8.54. The van der Waals surface area contributed by atoms with Crippen molar-refractivity contribution in [2.75, 3.05) is 0 Å². The van der Waals surface area contributed by atoms with Gasteiger partial charge in [-0.2, -0.15) is 9.64 Å². The van der Waals surface area contributed by atoms with Gasteiger partial charge in [0.05, 0.1) is 12.4 Å². The Morgan fingerprint density at radius 3 is 2.80 bits per heavy atom. The first-order valence-electron chi connectivity index (χ1n) is 3.98. The molecule has 0 aliphatic carbocycles. The standard InChI is InChI=1S/C8H5N5S2/c1-5-12-8(15-13-5)14-7-4-10-6(2-9)3-11-7/h3-4H,1H3. The van der Waals surface area contributed by atoms with Crippen LogP contribution in [0.4, 0.5) is 0 Å². The summed E-state index contributed by atoms with van der Waals surface area (Å²) in [5.41, 5.74) is 0.313. The van der Waals surface area contributed by atoms with Crippen molar-refractivity contribution in [1.82, 2.24) is 19.3 Å². The fraction of sp³-hybridized carbons (Fsp3) is 0.125. The molecule has 0 radical (unpaired) electrons. The minimum absolute atomic E-state index is 0.313. The summed E-state index contributed by atoms with van der Waals surface area (Å²) < 4.78 is 4.88. The second kappa shape index (κ2) is 4.33. The molecule has 0 N–H and O–H groups in total. The molecule has 0 amide bonds. The van der Waals surface area contributed by atoms with Crippen LogP contribution in [-0.4, -0.2) is 19.3 Å². The second-order valence-electron chi connectivity index (χ2n) is 2.56. The molecule has 5 nitrogen and oxygen atoms in total. The molecule has 15 heavy (non-hydrogen) atoms. The van der Waals surface area contributed by atoms with E-state index >= 15 is 0 Å². The molecule has 2 aromatic rings. The molecule has 0 aliphatic rings. The van der Waals surface area contributed by atoms with Gasteiger partial charge in [-0.25, -0.2) is 15.0 Å². The van der Waals surface area contributed by atoms with Gasteiger partial charge in [0, 0.05) is 0 Å². The SMILES string of the molecule is Cc1nsc(Sc2cnc(C#N)cn2)n1. The summed E-state index contributed by atoms with van der Waals surface area (Å²) in [4.78, 5) is 12.2. The summed E-state index contributed by atoms with van der Waals surface area (Å²) in [6, 6.07) is 1.91. The summed E-state index contributed by atoms with van der Waals surface area (Å²) in [6.45, 7) is 1.84. The minimum atomic E-state index is 0.313. The quantitative estimate of drug-likeness (QED) is 0.788. The van der Waals surface area contributed by atoms with E-state index in [1.54, 1.807) is 6.20 Å². The molecule has 0 unspecified atom stereocenters. The number of aromatic nitrogens is 4. The maximum Gasteiger partial charge on any atom is 0.176 e. The van der Waals surface area contributed by atoms with Crippen LogP contribution in [0.15, 0.2) is 21.8 Å². The molecule has 0 spiro atoms. The van der Waals surface area contributed by atoms with Crippen molar-refractivity contribution in [3.8, 4) is 6.07 Å². The van der Waals surface area contributed by atoms with Crippen LogP contribution in [0, 0.1) is 18.3 Å². The number of hydrogen-bond acceptors (Lipinski definition) is 7. The number of hydrogen-bond donors (Lipinski definition) is 0. The van der Waals surface area contributed by atoms with Gasteiger partial charge in [0.2, 0.25) is 0 Å². The maximum atomic E-state index is 8.54. The summed E-state index contributed by atoms with van der Waals surface area (Å²) in [5, 5.41) is 9.26. The van der Waals surface area contributed by atoms with Crippen molar-refractivity contribution in [1.29, 1.82) is 5.26 Å². The third kappa shape index (κ3) is 2.49. The van der Waals surface area contributed by atoms with E-state index in [1.807, 2.05) is 13.0 Å². The third-order valence-electron chi connectivity index (χ3n) is 1.44. The number of nitriles is 1. The first kappa shape index (κ1) is 10.0. The summed E-state index contributed by atoms with van der Waals surface area (Å²) in [6.07, 6.45) is 3.00. The van der Waals surface area contributed by atoms with Crippen LogP contribution in [0.3, 0.4) is 0 Å². The van der Waals surface area contributed by atoms with Crippen molar-refractivity contribution >= 4 is 23.3 Å². The first-order valence-corrected chi connectivity index (χ1v) is 5.57. The third-order valence-corrected chi connectivity index (χ3v) is 3.21. The van der Waals surface area contributed by atoms with Gasteiger partial charge in [-0.1, -0.05) is 0 Å². The topological polar surface area (TPSA) is 75.3 Å². The highest BCUT2D eigenvalue weighted by molar-refractivity contribution is 8.00. The van der Waals surface area contributed by atoms with Crippen molar-refractivity contribution in [2.24, 2.45) is 0 Å².